The van der Waals surface area contributed by atoms with E-state index in [1.54, 1.807) is 12.4 Å². The summed E-state index contributed by atoms with van der Waals surface area (Å²) in [6.45, 7) is 2.18. The fourth-order valence-electron chi connectivity index (χ4n) is 1.47. The molecule has 5 nitrogen and oxygen atoms in total. The Balaban J connectivity index is 2.55. The van der Waals surface area contributed by atoms with Gasteiger partial charge in [0.2, 0.25) is 0 Å². The second-order valence-electron chi connectivity index (χ2n) is 3.09. The Morgan fingerprint density at radius 3 is 2.86 bits per heavy atom. The number of nitrogens with two attached hydrogens (primary N) is 1. The molecule has 0 aromatic carbocycles. The van der Waals surface area contributed by atoms with Crippen LogP contribution >= 0.6 is 0 Å². The Bertz CT molecular complexity index is 430. The van der Waals surface area contributed by atoms with Crippen LogP contribution in [0.15, 0.2) is 12.4 Å². The highest BCUT2D eigenvalue weighted by Gasteiger charge is 2.15. The molecule has 0 spiro atoms. The molecule has 2 aromatic heterocycles. The van der Waals surface area contributed by atoms with Gasteiger partial charge in [0.25, 0.3) is 0 Å². The number of hydrogen-bond acceptors (Lipinski definition) is 3. The standard InChI is InChI=1S/C9H12N4O/c1-5-6(4-10)8(14)7(13-5)9-11-2-3-12-9/h2-3,13-14H,4,10H2,1H3,(H,11,12). The van der Waals surface area contributed by atoms with Crippen molar-refractivity contribution < 1.29 is 5.11 Å². The Morgan fingerprint density at radius 1 is 1.57 bits per heavy atom. The van der Waals surface area contributed by atoms with Crippen molar-refractivity contribution in [3.05, 3.63) is 23.7 Å². The van der Waals surface area contributed by atoms with E-state index in [2.05, 4.69) is 15.0 Å². The lowest BCUT2D eigenvalue weighted by atomic mass is 10.2. The molecule has 0 fully saturated rings. The Labute approximate surface area is 81.0 Å². The molecule has 0 radical (unpaired) electrons. The highest BCUT2D eigenvalue weighted by Crippen LogP contribution is 2.31. The van der Waals surface area contributed by atoms with Gasteiger partial charge in [-0.3, -0.25) is 0 Å². The minimum atomic E-state index is 0.181. The van der Waals surface area contributed by atoms with Gasteiger partial charge in [0.1, 0.15) is 11.4 Å². The molecule has 5 heteroatoms. The number of nitrogens with one attached hydrogen (secondary N) is 2. The average Bonchev–Trinajstić information content (AvgIpc) is 2.74. The number of aromatic amines is 2. The highest BCUT2D eigenvalue weighted by atomic mass is 16.3. The van der Waals surface area contributed by atoms with Crippen molar-refractivity contribution >= 4 is 0 Å². The first-order valence-corrected chi connectivity index (χ1v) is 4.34. The first-order chi connectivity index (χ1) is 6.74. The zero-order valence-electron chi connectivity index (χ0n) is 7.83. The minimum absolute atomic E-state index is 0.181. The molecular formula is C9H12N4O. The third kappa shape index (κ3) is 1.18. The predicted molar refractivity (Wildman–Crippen MR) is 52.7 cm³/mol. The van der Waals surface area contributed by atoms with Crippen LogP contribution in [0.25, 0.3) is 11.5 Å². The van der Waals surface area contributed by atoms with Gasteiger partial charge in [-0.1, -0.05) is 0 Å². The number of hydrogen-bond donors (Lipinski definition) is 4. The minimum Gasteiger partial charge on any atom is -0.505 e. The normalized spacial score (nSPS) is 10.7. The molecular weight excluding hydrogens is 180 g/mol. The second kappa shape index (κ2) is 3.19. The van der Waals surface area contributed by atoms with Crippen LogP contribution in [0.4, 0.5) is 0 Å². The molecule has 14 heavy (non-hydrogen) atoms. The lowest BCUT2D eigenvalue weighted by Crippen LogP contribution is -1.96. The maximum Gasteiger partial charge on any atom is 0.157 e. The largest absolute Gasteiger partial charge is 0.505 e. The van der Waals surface area contributed by atoms with Gasteiger partial charge in [0.15, 0.2) is 5.82 Å². The number of aromatic nitrogens is 3. The molecule has 0 aliphatic carbocycles. The first-order valence-electron chi connectivity index (χ1n) is 4.34. The number of aromatic hydroxyl groups is 1. The Kier molecular flexibility index (Phi) is 2.01. The summed E-state index contributed by atoms with van der Waals surface area (Å²) in [5.74, 6) is 0.797. The van der Waals surface area contributed by atoms with Crippen LogP contribution < -0.4 is 5.73 Å². The SMILES string of the molecule is Cc1[nH]c(-c2ncc[nH]2)c(O)c1CN. The molecule has 0 amide bonds. The Morgan fingerprint density at radius 2 is 2.36 bits per heavy atom. The molecule has 2 rings (SSSR count). The molecule has 74 valence electrons. The second-order valence-corrected chi connectivity index (χ2v) is 3.09. The summed E-state index contributed by atoms with van der Waals surface area (Å²) in [4.78, 5) is 10.0. The molecule has 0 atom stereocenters. The summed E-state index contributed by atoms with van der Waals surface area (Å²) in [7, 11) is 0. The van der Waals surface area contributed by atoms with Crippen LogP contribution in [0, 0.1) is 6.92 Å². The number of imidazole rings is 1. The molecule has 2 aromatic rings. The molecule has 0 bridgehead atoms. The van der Waals surface area contributed by atoms with Crippen LogP contribution in [0.3, 0.4) is 0 Å². The summed E-state index contributed by atoms with van der Waals surface area (Å²) in [5, 5.41) is 9.81. The van der Waals surface area contributed by atoms with Gasteiger partial charge in [-0.25, -0.2) is 4.98 Å². The van der Waals surface area contributed by atoms with E-state index in [0.29, 0.717) is 18.1 Å². The van der Waals surface area contributed by atoms with Crippen LogP contribution in [0.2, 0.25) is 0 Å². The average molecular weight is 192 g/mol. The third-order valence-corrected chi connectivity index (χ3v) is 2.23. The fraction of sp³-hybridized carbons (Fsp3) is 0.222. The summed E-state index contributed by atoms with van der Waals surface area (Å²) in [6.07, 6.45) is 3.33. The van der Waals surface area contributed by atoms with Gasteiger partial charge in [0, 0.05) is 30.2 Å². The topological polar surface area (TPSA) is 90.7 Å². The van der Waals surface area contributed by atoms with Crippen LogP contribution in [-0.4, -0.2) is 20.1 Å². The molecule has 5 N–H and O–H groups in total. The van der Waals surface area contributed by atoms with Gasteiger partial charge >= 0.3 is 0 Å². The maximum absolute atomic E-state index is 9.81. The van der Waals surface area contributed by atoms with Gasteiger partial charge < -0.3 is 20.8 Å². The van der Waals surface area contributed by atoms with Crippen molar-refractivity contribution in [1.82, 2.24) is 15.0 Å². The number of H-pyrrole nitrogens is 2. The number of rotatable bonds is 2. The van der Waals surface area contributed by atoms with E-state index >= 15 is 0 Å². The quantitative estimate of drug-likeness (QED) is 0.569. The van der Waals surface area contributed by atoms with E-state index in [0.717, 1.165) is 11.3 Å². The summed E-state index contributed by atoms with van der Waals surface area (Å²) >= 11 is 0. The van der Waals surface area contributed by atoms with Crippen LogP contribution in [0.5, 0.6) is 5.75 Å². The predicted octanol–water partition coefficient (Wildman–Crippen LogP) is 0.878. The fourth-order valence-corrected chi connectivity index (χ4v) is 1.47. The molecule has 0 saturated carbocycles. The zero-order valence-corrected chi connectivity index (χ0v) is 7.83. The van der Waals surface area contributed by atoms with E-state index < -0.39 is 0 Å². The summed E-state index contributed by atoms with van der Waals surface area (Å²) in [5.41, 5.74) is 7.70. The van der Waals surface area contributed by atoms with Crippen molar-refractivity contribution in [2.24, 2.45) is 5.73 Å². The van der Waals surface area contributed by atoms with E-state index in [4.69, 9.17) is 5.73 Å². The van der Waals surface area contributed by atoms with Gasteiger partial charge in [-0.2, -0.15) is 0 Å². The number of aryl methyl sites for hydroxylation is 1. The lowest BCUT2D eigenvalue weighted by Gasteiger charge is -1.95. The van der Waals surface area contributed by atoms with E-state index in [1.165, 1.54) is 0 Å². The monoisotopic (exact) mass is 192 g/mol. The summed E-state index contributed by atoms with van der Waals surface area (Å²) < 4.78 is 0. The molecule has 0 aliphatic rings. The van der Waals surface area contributed by atoms with Crippen molar-refractivity contribution in [3.63, 3.8) is 0 Å². The lowest BCUT2D eigenvalue weighted by molar-refractivity contribution is 0.471. The Hall–Kier alpha value is -1.75. The van der Waals surface area contributed by atoms with Crippen molar-refractivity contribution in [3.8, 4) is 17.3 Å². The van der Waals surface area contributed by atoms with Crippen molar-refractivity contribution in [2.75, 3.05) is 0 Å². The van der Waals surface area contributed by atoms with E-state index in [1.807, 2.05) is 6.92 Å². The smallest absolute Gasteiger partial charge is 0.157 e. The molecule has 0 unspecified atom stereocenters. The molecule has 0 saturated heterocycles. The van der Waals surface area contributed by atoms with Crippen molar-refractivity contribution in [2.45, 2.75) is 13.5 Å². The molecule has 2 heterocycles. The van der Waals surface area contributed by atoms with E-state index in [-0.39, 0.29) is 5.75 Å². The van der Waals surface area contributed by atoms with Gasteiger partial charge in [-0.15, -0.1) is 0 Å². The third-order valence-electron chi connectivity index (χ3n) is 2.23. The zero-order chi connectivity index (χ0) is 10.1. The van der Waals surface area contributed by atoms with Crippen LogP contribution in [0.1, 0.15) is 11.3 Å². The number of nitrogens with zero attached hydrogens (tertiary/aromatic N) is 1. The van der Waals surface area contributed by atoms with Gasteiger partial charge in [0.05, 0.1) is 0 Å². The van der Waals surface area contributed by atoms with Crippen LogP contribution in [-0.2, 0) is 6.54 Å². The van der Waals surface area contributed by atoms with E-state index in [9.17, 15) is 5.11 Å². The highest BCUT2D eigenvalue weighted by molar-refractivity contribution is 5.63. The first kappa shape index (κ1) is 8.83. The van der Waals surface area contributed by atoms with Crippen molar-refractivity contribution in [1.29, 1.82) is 0 Å². The maximum atomic E-state index is 9.81. The van der Waals surface area contributed by atoms with Gasteiger partial charge in [-0.05, 0) is 6.92 Å². The summed E-state index contributed by atoms with van der Waals surface area (Å²) in [6, 6.07) is 0. The molecule has 0 aliphatic heterocycles.